The van der Waals surface area contributed by atoms with Gasteiger partial charge in [0.15, 0.2) is 0 Å². The summed E-state index contributed by atoms with van der Waals surface area (Å²) in [7, 11) is 0. The molecule has 0 amide bonds. The van der Waals surface area contributed by atoms with Gasteiger partial charge in [-0.25, -0.2) is 0 Å². The second-order valence-corrected chi connectivity index (χ2v) is 25.9. The highest BCUT2D eigenvalue weighted by Crippen LogP contribution is 2.52. The zero-order chi connectivity index (χ0) is 60.2. The van der Waals surface area contributed by atoms with Gasteiger partial charge >= 0.3 is 0 Å². The summed E-state index contributed by atoms with van der Waals surface area (Å²) in [6, 6.07) is 114. The minimum absolute atomic E-state index is 0.168. The van der Waals surface area contributed by atoms with Crippen molar-refractivity contribution in [2.45, 2.75) is 26.2 Å². The van der Waals surface area contributed by atoms with E-state index in [0.717, 1.165) is 34.1 Å². The first-order valence-electron chi connectivity index (χ1n) is 31.9. The van der Waals surface area contributed by atoms with Gasteiger partial charge in [-0.2, -0.15) is 0 Å². The number of rotatable bonds is 6. The summed E-state index contributed by atoms with van der Waals surface area (Å²) in [6.45, 7) is 6.96. The number of benzene rings is 15. The Morgan fingerprint density at radius 3 is 1.03 bits per heavy atom. The van der Waals surface area contributed by atoms with E-state index < -0.39 is 0 Å². The molecule has 0 N–H and O–H groups in total. The van der Waals surface area contributed by atoms with Gasteiger partial charge in [-0.3, -0.25) is 0 Å². The lowest BCUT2D eigenvalue weighted by molar-refractivity contribution is 0.590. The molecule has 0 bridgehead atoms. The van der Waals surface area contributed by atoms with Crippen molar-refractivity contribution in [1.29, 1.82) is 0 Å². The van der Waals surface area contributed by atoms with Crippen molar-refractivity contribution in [2.24, 2.45) is 0 Å². The molecule has 15 aromatic carbocycles. The predicted molar refractivity (Wildman–Crippen MR) is 389 cm³/mol. The molecule has 2 aliphatic rings. The van der Waals surface area contributed by atoms with Crippen molar-refractivity contribution >= 4 is 144 Å². The molecular weight excluding hydrogens is 1100 g/mol. The highest BCUT2D eigenvalue weighted by atomic mass is 15.2. The Kier molecular flexibility index (Phi) is 11.1. The first-order valence-corrected chi connectivity index (χ1v) is 31.9. The second-order valence-electron chi connectivity index (χ2n) is 25.9. The number of anilines is 6. The first kappa shape index (κ1) is 51.6. The summed E-state index contributed by atoms with van der Waals surface area (Å²) >= 11 is 0. The van der Waals surface area contributed by atoms with Crippen LogP contribution in [0.25, 0.3) is 120 Å². The second kappa shape index (κ2) is 19.6. The van der Waals surface area contributed by atoms with Gasteiger partial charge in [0.1, 0.15) is 0 Å². The van der Waals surface area contributed by atoms with E-state index in [1.165, 1.54) is 142 Å². The molecule has 0 fully saturated rings. The molecular formula is C86H59BN4. The van der Waals surface area contributed by atoms with Gasteiger partial charge in [0.25, 0.3) is 6.71 Å². The largest absolute Gasteiger partial charge is 0.311 e. The Morgan fingerprint density at radius 2 is 0.615 bits per heavy atom. The van der Waals surface area contributed by atoms with E-state index in [2.05, 4.69) is 343 Å². The van der Waals surface area contributed by atoms with Gasteiger partial charge in [-0.15, -0.1) is 0 Å². The molecule has 0 spiro atoms. The Hall–Kier alpha value is -11.4. The molecule has 17 aromatic rings. The zero-order valence-corrected chi connectivity index (χ0v) is 50.7. The van der Waals surface area contributed by atoms with Crippen LogP contribution in [0.5, 0.6) is 0 Å². The third kappa shape index (κ3) is 7.46. The molecule has 0 saturated carbocycles. The van der Waals surface area contributed by atoms with Gasteiger partial charge in [-0.05, 0) is 131 Å². The van der Waals surface area contributed by atoms with Gasteiger partial charge in [0.05, 0.1) is 33.4 Å². The van der Waals surface area contributed by atoms with Crippen molar-refractivity contribution in [3.63, 3.8) is 0 Å². The Balaban J connectivity index is 0.954. The van der Waals surface area contributed by atoms with E-state index in [-0.39, 0.29) is 12.1 Å². The van der Waals surface area contributed by atoms with E-state index in [9.17, 15) is 0 Å². The quantitative estimate of drug-likeness (QED) is 0.122. The molecule has 2 aromatic heterocycles. The van der Waals surface area contributed by atoms with Crippen molar-refractivity contribution in [2.75, 3.05) is 9.80 Å². The lowest BCUT2D eigenvalue weighted by Crippen LogP contribution is -2.61. The zero-order valence-electron chi connectivity index (χ0n) is 50.7. The third-order valence-electron chi connectivity index (χ3n) is 20.0. The van der Waals surface area contributed by atoms with Gasteiger partial charge in [-0.1, -0.05) is 263 Å². The smallest absolute Gasteiger partial charge is 0.252 e. The van der Waals surface area contributed by atoms with Crippen LogP contribution in [-0.4, -0.2) is 15.8 Å². The molecule has 0 unspecified atom stereocenters. The maximum Gasteiger partial charge on any atom is 0.252 e. The lowest BCUT2D eigenvalue weighted by atomic mass is 9.33. The van der Waals surface area contributed by atoms with Gasteiger partial charge < -0.3 is 18.9 Å². The molecule has 5 heteroatoms. The predicted octanol–water partition coefficient (Wildman–Crippen LogP) is 21.2. The van der Waals surface area contributed by atoms with Crippen LogP contribution in [0.1, 0.15) is 26.3 Å². The molecule has 4 nitrogen and oxygen atoms in total. The van der Waals surface area contributed by atoms with Crippen molar-refractivity contribution in [3.05, 3.63) is 309 Å². The molecule has 91 heavy (non-hydrogen) atoms. The van der Waals surface area contributed by atoms with E-state index in [0.29, 0.717) is 0 Å². The molecule has 4 heterocycles. The molecule has 0 atom stereocenters. The van der Waals surface area contributed by atoms with Crippen LogP contribution in [0.3, 0.4) is 0 Å². The van der Waals surface area contributed by atoms with Gasteiger partial charge in [0, 0.05) is 77.6 Å². The van der Waals surface area contributed by atoms with E-state index in [1.807, 2.05) is 0 Å². The number of para-hydroxylation sites is 4. The van der Waals surface area contributed by atoms with Crippen LogP contribution in [0.2, 0.25) is 0 Å². The monoisotopic (exact) mass is 1160 g/mol. The number of aromatic nitrogens is 2. The topological polar surface area (TPSA) is 16.3 Å². The molecule has 0 radical (unpaired) electrons. The Labute approximate surface area is 528 Å². The van der Waals surface area contributed by atoms with E-state index >= 15 is 0 Å². The number of nitrogens with zero attached hydrogens (tertiary/aromatic N) is 4. The molecule has 0 aliphatic carbocycles. The lowest BCUT2D eigenvalue weighted by Gasteiger charge is -2.46. The van der Waals surface area contributed by atoms with Gasteiger partial charge in [0.2, 0.25) is 0 Å². The fourth-order valence-corrected chi connectivity index (χ4v) is 16.1. The van der Waals surface area contributed by atoms with Crippen LogP contribution in [0.4, 0.5) is 34.1 Å². The summed E-state index contributed by atoms with van der Waals surface area (Å²) < 4.78 is 5.13. The SMILES string of the molecule is CC(C)(C)c1cc2c3c(c1)N(c1ccccc1-c1ccccc1)c1cc(-n4c5ccccc5c5c6ccccc6c6ccccc6c54)ccc1B3c1ccc(-n3c4ccccc4c4c5ccccc5c5ccccc5c43)cc1N2c1ccccc1-c1ccccc1. The van der Waals surface area contributed by atoms with E-state index in [4.69, 9.17) is 0 Å². The third-order valence-corrected chi connectivity index (χ3v) is 20.0. The number of fused-ring (bicyclic) bond motifs is 20. The highest BCUT2D eigenvalue weighted by molar-refractivity contribution is 7.00. The average Bonchev–Trinajstić information content (AvgIpc) is 1.54. The summed E-state index contributed by atoms with van der Waals surface area (Å²) in [5.74, 6) is 0. The van der Waals surface area contributed by atoms with Crippen molar-refractivity contribution in [3.8, 4) is 33.6 Å². The van der Waals surface area contributed by atoms with Crippen LogP contribution < -0.4 is 26.2 Å². The van der Waals surface area contributed by atoms with Crippen LogP contribution in [-0.2, 0) is 5.41 Å². The first-order chi connectivity index (χ1) is 44.9. The fourth-order valence-electron chi connectivity index (χ4n) is 16.1. The maximum atomic E-state index is 2.64. The van der Waals surface area contributed by atoms with Crippen LogP contribution in [0, 0.1) is 0 Å². The summed E-state index contributed by atoms with van der Waals surface area (Å²) in [6.07, 6.45) is 0. The maximum absolute atomic E-state index is 2.64. The molecule has 426 valence electrons. The molecule has 2 aliphatic heterocycles. The summed E-state index contributed by atoms with van der Waals surface area (Å²) in [5, 5.41) is 15.1. The fraction of sp³-hybridized carbons (Fsp3) is 0.0465. The minimum atomic E-state index is -0.250. The average molecular weight is 1160 g/mol. The Bertz CT molecular complexity index is 5560. The van der Waals surface area contributed by atoms with E-state index in [1.54, 1.807) is 0 Å². The normalized spacial score (nSPS) is 12.9. The molecule has 19 rings (SSSR count). The highest BCUT2D eigenvalue weighted by Gasteiger charge is 2.45. The van der Waals surface area contributed by atoms with Crippen LogP contribution in [0.15, 0.2) is 303 Å². The number of hydrogen-bond acceptors (Lipinski definition) is 2. The minimum Gasteiger partial charge on any atom is -0.311 e. The summed E-state index contributed by atoms with van der Waals surface area (Å²) in [4.78, 5) is 5.28. The molecule has 0 saturated heterocycles. The van der Waals surface area contributed by atoms with Crippen LogP contribution >= 0.6 is 0 Å². The number of hydrogen-bond donors (Lipinski definition) is 0. The van der Waals surface area contributed by atoms with Crippen molar-refractivity contribution < 1.29 is 0 Å². The van der Waals surface area contributed by atoms with Crippen molar-refractivity contribution in [1.82, 2.24) is 9.13 Å². The standard InChI is InChI=1S/C86H59BN4/c1-86(2,3)56-50-79-83-80(51-56)91(74-43-23-19-31-60(74)55-28-8-5-9-29-55)78-53-58(89-76-45-25-21-41-70(76)82-66-37-15-11-33-62(66)64-35-13-17-39-68(64)85(82)89)47-49-72(78)87(83)71-48-46-57(52-77(71)90(79)73-42-22-18-30-59(73)54-26-6-4-7-27-54)88-75-44-24-20-40-69(75)81-65-36-14-10-32-61(65)63-34-12-16-38-67(63)84(81)88/h4-53H,1-3H3. The Morgan fingerprint density at radius 1 is 0.275 bits per heavy atom. The summed E-state index contributed by atoms with van der Waals surface area (Å²) in [5.41, 5.74) is 23.4.